The van der Waals surface area contributed by atoms with Crippen LogP contribution in [0.2, 0.25) is 0 Å². The number of hydrogen-bond acceptors (Lipinski definition) is 5. The quantitative estimate of drug-likeness (QED) is 0.673. The van der Waals surface area contributed by atoms with Gasteiger partial charge in [-0.25, -0.2) is 4.98 Å². The molecule has 0 saturated heterocycles. The molecule has 0 aliphatic heterocycles. The van der Waals surface area contributed by atoms with Gasteiger partial charge in [0.05, 0.1) is 11.0 Å². The van der Waals surface area contributed by atoms with E-state index in [2.05, 4.69) is 30.2 Å². The molecule has 0 aliphatic rings. The van der Waals surface area contributed by atoms with Crippen LogP contribution in [-0.4, -0.2) is 16.5 Å². The van der Waals surface area contributed by atoms with Gasteiger partial charge in [-0.15, -0.1) is 11.3 Å². The average molecular weight is 291 g/mol. The van der Waals surface area contributed by atoms with Gasteiger partial charge >= 0.3 is 0 Å². The third-order valence-electron chi connectivity index (χ3n) is 3.17. The van der Waals surface area contributed by atoms with Gasteiger partial charge in [0.1, 0.15) is 5.82 Å². The van der Waals surface area contributed by atoms with Gasteiger partial charge in [-0.3, -0.25) is 10.1 Å². The van der Waals surface area contributed by atoms with Gasteiger partial charge < -0.3 is 5.32 Å². The van der Waals surface area contributed by atoms with E-state index in [9.17, 15) is 10.1 Å². The Hall–Kier alpha value is -1.95. The van der Waals surface area contributed by atoms with Gasteiger partial charge in [0, 0.05) is 28.6 Å². The largest absolute Gasteiger partial charge is 0.369 e. The van der Waals surface area contributed by atoms with Crippen LogP contribution in [0.15, 0.2) is 29.8 Å². The van der Waals surface area contributed by atoms with Crippen molar-refractivity contribution in [3.63, 3.8) is 0 Å². The predicted molar refractivity (Wildman–Crippen MR) is 81.5 cm³/mol. The molecule has 0 atom stereocenters. The standard InChI is InChI=1S/C14H17N3O2S/c1-10-8-15-13(7-11(10)17(18)19)16-9-14(2,3)12-5-4-6-20-12/h4-8H,9H2,1-3H3,(H,15,16). The van der Waals surface area contributed by atoms with E-state index < -0.39 is 0 Å². The highest BCUT2D eigenvalue weighted by Crippen LogP contribution is 2.28. The molecule has 0 radical (unpaired) electrons. The highest BCUT2D eigenvalue weighted by atomic mass is 32.1. The number of aryl methyl sites for hydroxylation is 1. The van der Waals surface area contributed by atoms with Gasteiger partial charge in [-0.05, 0) is 18.4 Å². The Labute approximate surface area is 121 Å². The summed E-state index contributed by atoms with van der Waals surface area (Å²) in [4.78, 5) is 16.0. The van der Waals surface area contributed by atoms with Crippen LogP contribution in [0, 0.1) is 17.0 Å². The molecule has 0 bridgehead atoms. The molecule has 5 nitrogen and oxygen atoms in total. The van der Waals surface area contributed by atoms with Crippen LogP contribution in [0.5, 0.6) is 0 Å². The monoisotopic (exact) mass is 291 g/mol. The summed E-state index contributed by atoms with van der Waals surface area (Å²) in [5.74, 6) is 0.534. The second-order valence-electron chi connectivity index (χ2n) is 5.33. The Balaban J connectivity index is 2.11. The van der Waals surface area contributed by atoms with E-state index in [1.165, 1.54) is 17.1 Å². The molecular weight excluding hydrogens is 274 g/mol. The smallest absolute Gasteiger partial charge is 0.277 e. The SMILES string of the molecule is Cc1cnc(NCC(C)(C)c2cccs2)cc1[N+](=O)[O-]. The molecule has 2 aromatic rings. The molecule has 106 valence electrons. The first kappa shape index (κ1) is 14.5. The van der Waals surface area contributed by atoms with Gasteiger partial charge in [-0.2, -0.15) is 0 Å². The fourth-order valence-electron chi connectivity index (χ4n) is 1.87. The Morgan fingerprint density at radius 2 is 2.25 bits per heavy atom. The molecule has 0 saturated carbocycles. The number of aromatic nitrogens is 1. The maximum absolute atomic E-state index is 10.9. The minimum absolute atomic E-state index is 0.0461. The van der Waals surface area contributed by atoms with Crippen molar-refractivity contribution in [1.29, 1.82) is 0 Å². The first-order valence-corrected chi connectivity index (χ1v) is 7.17. The molecule has 2 aromatic heterocycles. The van der Waals surface area contributed by atoms with E-state index in [4.69, 9.17) is 0 Å². The zero-order valence-electron chi connectivity index (χ0n) is 11.7. The molecule has 1 N–H and O–H groups in total. The number of pyridine rings is 1. The molecule has 2 heterocycles. The molecule has 6 heteroatoms. The van der Waals surface area contributed by atoms with Crippen LogP contribution >= 0.6 is 11.3 Å². The molecule has 0 aliphatic carbocycles. The summed E-state index contributed by atoms with van der Waals surface area (Å²) >= 11 is 1.71. The van der Waals surface area contributed by atoms with Gasteiger partial charge in [0.2, 0.25) is 0 Å². The van der Waals surface area contributed by atoms with Crippen LogP contribution < -0.4 is 5.32 Å². The fraction of sp³-hybridized carbons (Fsp3) is 0.357. The van der Waals surface area contributed by atoms with E-state index in [0.717, 1.165) is 0 Å². The number of nitrogens with one attached hydrogen (secondary N) is 1. The lowest BCUT2D eigenvalue weighted by Gasteiger charge is -2.23. The second kappa shape index (κ2) is 5.58. The molecule has 20 heavy (non-hydrogen) atoms. The maximum Gasteiger partial charge on any atom is 0.277 e. The summed E-state index contributed by atoms with van der Waals surface area (Å²) < 4.78 is 0. The summed E-state index contributed by atoms with van der Waals surface area (Å²) in [6.07, 6.45) is 1.53. The van der Waals surface area contributed by atoms with Crippen molar-refractivity contribution in [2.45, 2.75) is 26.2 Å². The fourth-order valence-corrected chi connectivity index (χ4v) is 2.72. The Morgan fingerprint density at radius 1 is 1.50 bits per heavy atom. The Morgan fingerprint density at radius 3 is 2.85 bits per heavy atom. The zero-order valence-corrected chi connectivity index (χ0v) is 12.5. The molecule has 0 amide bonds. The predicted octanol–water partition coefficient (Wildman–Crippen LogP) is 3.75. The summed E-state index contributed by atoms with van der Waals surface area (Å²) in [5.41, 5.74) is 0.615. The van der Waals surface area contributed by atoms with E-state index >= 15 is 0 Å². The molecule has 0 aromatic carbocycles. The number of thiophene rings is 1. The first-order chi connectivity index (χ1) is 9.40. The average Bonchev–Trinajstić information content (AvgIpc) is 2.92. The van der Waals surface area contributed by atoms with Crippen LogP contribution in [-0.2, 0) is 5.41 Å². The van der Waals surface area contributed by atoms with Crippen molar-refractivity contribution >= 4 is 22.8 Å². The van der Waals surface area contributed by atoms with Crippen molar-refractivity contribution in [2.75, 3.05) is 11.9 Å². The normalized spacial score (nSPS) is 11.3. The molecule has 0 spiro atoms. The molecule has 0 unspecified atom stereocenters. The van der Waals surface area contributed by atoms with E-state index in [1.54, 1.807) is 18.3 Å². The van der Waals surface area contributed by atoms with Crippen LogP contribution in [0.25, 0.3) is 0 Å². The van der Waals surface area contributed by atoms with E-state index in [1.807, 2.05) is 11.4 Å². The molecular formula is C14H17N3O2S. The lowest BCUT2D eigenvalue weighted by atomic mass is 9.91. The first-order valence-electron chi connectivity index (χ1n) is 6.29. The van der Waals surface area contributed by atoms with E-state index in [0.29, 0.717) is 17.9 Å². The maximum atomic E-state index is 10.9. The molecule has 2 rings (SSSR count). The van der Waals surface area contributed by atoms with Gasteiger partial charge in [-0.1, -0.05) is 19.9 Å². The van der Waals surface area contributed by atoms with Crippen LogP contribution in [0.4, 0.5) is 11.5 Å². The number of nitrogens with zero attached hydrogens (tertiary/aromatic N) is 2. The lowest BCUT2D eigenvalue weighted by molar-refractivity contribution is -0.385. The third kappa shape index (κ3) is 3.14. The number of hydrogen-bond donors (Lipinski definition) is 1. The summed E-state index contributed by atoms with van der Waals surface area (Å²) in [6.45, 7) is 6.62. The Bertz CT molecular complexity index is 609. The van der Waals surface area contributed by atoms with Gasteiger partial charge in [0.25, 0.3) is 5.69 Å². The second-order valence-corrected chi connectivity index (χ2v) is 6.28. The third-order valence-corrected chi connectivity index (χ3v) is 4.41. The highest BCUT2D eigenvalue weighted by Gasteiger charge is 2.22. The number of rotatable bonds is 5. The Kier molecular flexibility index (Phi) is 4.04. The van der Waals surface area contributed by atoms with Crippen molar-refractivity contribution < 1.29 is 4.92 Å². The van der Waals surface area contributed by atoms with Crippen LogP contribution in [0.3, 0.4) is 0 Å². The minimum Gasteiger partial charge on any atom is -0.369 e. The highest BCUT2D eigenvalue weighted by molar-refractivity contribution is 7.10. The van der Waals surface area contributed by atoms with Crippen LogP contribution in [0.1, 0.15) is 24.3 Å². The van der Waals surface area contributed by atoms with Crippen molar-refractivity contribution in [3.8, 4) is 0 Å². The summed E-state index contributed by atoms with van der Waals surface area (Å²) in [7, 11) is 0. The van der Waals surface area contributed by atoms with Gasteiger partial charge in [0.15, 0.2) is 0 Å². The van der Waals surface area contributed by atoms with E-state index in [-0.39, 0.29) is 16.0 Å². The van der Waals surface area contributed by atoms with Crippen molar-refractivity contribution in [2.24, 2.45) is 0 Å². The van der Waals surface area contributed by atoms with Crippen molar-refractivity contribution in [3.05, 3.63) is 50.3 Å². The number of nitro groups is 1. The molecule has 0 fully saturated rings. The lowest BCUT2D eigenvalue weighted by Crippen LogP contribution is -2.26. The van der Waals surface area contributed by atoms with Crippen molar-refractivity contribution in [1.82, 2.24) is 4.98 Å². The summed E-state index contributed by atoms with van der Waals surface area (Å²) in [5, 5.41) is 16.1. The summed E-state index contributed by atoms with van der Waals surface area (Å²) in [6, 6.07) is 5.61. The topological polar surface area (TPSA) is 68.1 Å². The number of anilines is 1. The minimum atomic E-state index is -0.382. The zero-order chi connectivity index (χ0) is 14.8.